The summed E-state index contributed by atoms with van der Waals surface area (Å²) >= 11 is 5.77. The van der Waals surface area contributed by atoms with Crippen molar-refractivity contribution >= 4 is 11.6 Å². The van der Waals surface area contributed by atoms with E-state index in [1.165, 1.54) is 12.8 Å². The molecule has 3 heteroatoms. The first-order chi connectivity index (χ1) is 6.09. The first-order valence-electron chi connectivity index (χ1n) is 4.91. The summed E-state index contributed by atoms with van der Waals surface area (Å²) in [6.07, 6.45) is 2.49. The van der Waals surface area contributed by atoms with Gasteiger partial charge in [-0.25, -0.2) is 0 Å². The van der Waals surface area contributed by atoms with Crippen LogP contribution in [0.15, 0.2) is 11.6 Å². The summed E-state index contributed by atoms with van der Waals surface area (Å²) in [7, 11) is 0. The Balaban J connectivity index is 2.37. The molecule has 1 rings (SSSR count). The van der Waals surface area contributed by atoms with E-state index < -0.39 is 0 Å². The van der Waals surface area contributed by atoms with E-state index in [1.54, 1.807) is 0 Å². The van der Waals surface area contributed by atoms with E-state index in [0.29, 0.717) is 12.0 Å². The molecule has 0 amide bonds. The minimum absolute atomic E-state index is 0.298. The van der Waals surface area contributed by atoms with Crippen LogP contribution >= 0.6 is 11.6 Å². The van der Waals surface area contributed by atoms with Gasteiger partial charge in [-0.15, -0.1) is 0 Å². The third-order valence-corrected chi connectivity index (χ3v) is 2.80. The normalized spacial score (nSPS) is 27.2. The van der Waals surface area contributed by atoms with E-state index in [-0.39, 0.29) is 0 Å². The molecule has 1 heterocycles. The molecule has 1 saturated heterocycles. The maximum absolute atomic E-state index is 5.88. The van der Waals surface area contributed by atoms with E-state index in [4.69, 9.17) is 17.3 Å². The highest BCUT2D eigenvalue weighted by molar-refractivity contribution is 6.29. The molecule has 0 aromatic rings. The van der Waals surface area contributed by atoms with Gasteiger partial charge in [-0.2, -0.15) is 0 Å². The van der Waals surface area contributed by atoms with Gasteiger partial charge in [-0.3, -0.25) is 4.90 Å². The summed E-state index contributed by atoms with van der Waals surface area (Å²) in [6, 6.07) is 0.298. The molecule has 2 nitrogen and oxygen atoms in total. The highest BCUT2D eigenvalue weighted by Crippen LogP contribution is 2.19. The van der Waals surface area contributed by atoms with Crippen LogP contribution in [0.1, 0.15) is 19.8 Å². The predicted octanol–water partition coefficient (Wildman–Crippen LogP) is 1.80. The van der Waals surface area contributed by atoms with Crippen LogP contribution in [0.4, 0.5) is 0 Å². The summed E-state index contributed by atoms with van der Waals surface area (Å²) in [5, 5.41) is 0.727. The predicted molar refractivity (Wildman–Crippen MR) is 57.8 cm³/mol. The molecule has 1 aliphatic heterocycles. The van der Waals surface area contributed by atoms with Crippen molar-refractivity contribution in [3.8, 4) is 0 Å². The van der Waals surface area contributed by atoms with Crippen molar-refractivity contribution in [3.05, 3.63) is 11.6 Å². The lowest BCUT2D eigenvalue weighted by Gasteiger charge is -2.34. The number of rotatable bonds is 3. The molecule has 0 radical (unpaired) electrons. The van der Waals surface area contributed by atoms with Crippen molar-refractivity contribution in [1.29, 1.82) is 0 Å². The van der Waals surface area contributed by atoms with Crippen molar-refractivity contribution in [2.24, 2.45) is 11.7 Å². The molecule has 2 N–H and O–H groups in total. The number of hydrogen-bond donors (Lipinski definition) is 1. The number of nitrogens with zero attached hydrogens (tertiary/aromatic N) is 1. The molecule has 13 heavy (non-hydrogen) atoms. The zero-order chi connectivity index (χ0) is 9.84. The van der Waals surface area contributed by atoms with Crippen LogP contribution in [-0.4, -0.2) is 30.6 Å². The topological polar surface area (TPSA) is 29.3 Å². The van der Waals surface area contributed by atoms with Gasteiger partial charge in [0.2, 0.25) is 0 Å². The van der Waals surface area contributed by atoms with Crippen LogP contribution in [0, 0.1) is 5.92 Å². The number of halogens is 1. The molecular formula is C10H19ClN2. The molecule has 0 saturated carbocycles. The summed E-state index contributed by atoms with van der Waals surface area (Å²) < 4.78 is 0. The third-order valence-electron chi connectivity index (χ3n) is 2.68. The lowest BCUT2D eigenvalue weighted by molar-refractivity contribution is 0.174. The van der Waals surface area contributed by atoms with Crippen LogP contribution in [0.5, 0.6) is 0 Å². The zero-order valence-corrected chi connectivity index (χ0v) is 9.06. The van der Waals surface area contributed by atoms with Crippen molar-refractivity contribution in [2.45, 2.75) is 25.8 Å². The van der Waals surface area contributed by atoms with E-state index in [2.05, 4.69) is 18.4 Å². The molecular weight excluding hydrogens is 184 g/mol. The van der Waals surface area contributed by atoms with E-state index in [9.17, 15) is 0 Å². The first-order valence-corrected chi connectivity index (χ1v) is 5.28. The molecule has 0 aromatic carbocycles. The second-order valence-corrected chi connectivity index (χ2v) is 4.55. The van der Waals surface area contributed by atoms with E-state index >= 15 is 0 Å². The molecule has 1 fully saturated rings. The van der Waals surface area contributed by atoms with Crippen LogP contribution in [0.2, 0.25) is 0 Å². The Morgan fingerprint density at radius 1 is 1.77 bits per heavy atom. The van der Waals surface area contributed by atoms with Gasteiger partial charge in [0.15, 0.2) is 0 Å². The Bertz CT molecular complexity index is 180. The minimum atomic E-state index is 0.298. The standard InChI is InChI=1S/C10H19ClN2/c1-8(11)6-13-5-3-4-10(7-13)9(2)12/h9-10H,1,3-7,12H2,2H3. The summed E-state index contributed by atoms with van der Waals surface area (Å²) in [5.41, 5.74) is 5.88. The maximum Gasteiger partial charge on any atom is 0.0335 e. The smallest absolute Gasteiger partial charge is 0.0335 e. The molecule has 0 aliphatic carbocycles. The second kappa shape index (κ2) is 4.99. The number of likely N-dealkylation sites (tertiary alicyclic amines) is 1. The minimum Gasteiger partial charge on any atom is -0.328 e. The highest BCUT2D eigenvalue weighted by atomic mass is 35.5. The Labute approximate surface area is 85.7 Å². The van der Waals surface area contributed by atoms with Gasteiger partial charge in [0.1, 0.15) is 0 Å². The molecule has 76 valence electrons. The van der Waals surface area contributed by atoms with E-state index in [1.807, 2.05) is 0 Å². The SMILES string of the molecule is C=C(Cl)CN1CCCC(C(C)N)C1. The molecule has 1 aliphatic rings. The molecule has 0 spiro atoms. The average molecular weight is 203 g/mol. The monoisotopic (exact) mass is 202 g/mol. The van der Waals surface area contributed by atoms with Gasteiger partial charge in [0.05, 0.1) is 0 Å². The third kappa shape index (κ3) is 3.67. The summed E-state index contributed by atoms with van der Waals surface area (Å²) in [5.74, 6) is 0.629. The lowest BCUT2D eigenvalue weighted by Crippen LogP contribution is -2.42. The van der Waals surface area contributed by atoms with Crippen molar-refractivity contribution in [1.82, 2.24) is 4.90 Å². The Morgan fingerprint density at radius 2 is 2.46 bits per heavy atom. The molecule has 0 bridgehead atoms. The summed E-state index contributed by atoms with van der Waals surface area (Å²) in [4.78, 5) is 2.34. The van der Waals surface area contributed by atoms with Crippen LogP contribution < -0.4 is 5.73 Å². The second-order valence-electron chi connectivity index (χ2n) is 4.01. The van der Waals surface area contributed by atoms with Gasteiger partial charge >= 0.3 is 0 Å². The van der Waals surface area contributed by atoms with Crippen LogP contribution in [0.3, 0.4) is 0 Å². The van der Waals surface area contributed by atoms with Gasteiger partial charge < -0.3 is 5.73 Å². The number of nitrogens with two attached hydrogens (primary N) is 1. The first kappa shape index (κ1) is 11.0. The number of piperidine rings is 1. The lowest BCUT2D eigenvalue weighted by atomic mass is 9.92. The molecule has 2 atom stereocenters. The van der Waals surface area contributed by atoms with Crippen LogP contribution in [0.25, 0.3) is 0 Å². The van der Waals surface area contributed by atoms with Gasteiger partial charge in [-0.1, -0.05) is 18.2 Å². The van der Waals surface area contributed by atoms with Crippen LogP contribution in [-0.2, 0) is 0 Å². The fourth-order valence-corrected chi connectivity index (χ4v) is 2.08. The molecule has 0 aromatic heterocycles. The van der Waals surface area contributed by atoms with Crippen molar-refractivity contribution in [3.63, 3.8) is 0 Å². The highest BCUT2D eigenvalue weighted by Gasteiger charge is 2.22. The Kier molecular flexibility index (Phi) is 4.23. The van der Waals surface area contributed by atoms with Crippen molar-refractivity contribution < 1.29 is 0 Å². The fraction of sp³-hybridized carbons (Fsp3) is 0.800. The Hall–Kier alpha value is -0.0500. The van der Waals surface area contributed by atoms with Gasteiger partial charge in [0, 0.05) is 24.2 Å². The summed E-state index contributed by atoms with van der Waals surface area (Å²) in [6.45, 7) is 8.82. The Morgan fingerprint density at radius 3 is 3.00 bits per heavy atom. The van der Waals surface area contributed by atoms with Gasteiger partial charge in [0.25, 0.3) is 0 Å². The van der Waals surface area contributed by atoms with E-state index in [0.717, 1.165) is 24.7 Å². The van der Waals surface area contributed by atoms with Crippen molar-refractivity contribution in [2.75, 3.05) is 19.6 Å². The largest absolute Gasteiger partial charge is 0.328 e. The molecule has 2 unspecified atom stereocenters. The zero-order valence-electron chi connectivity index (χ0n) is 8.30. The van der Waals surface area contributed by atoms with Gasteiger partial charge in [-0.05, 0) is 32.2 Å². The number of hydrogen-bond acceptors (Lipinski definition) is 2. The quantitative estimate of drug-likeness (QED) is 0.757. The fourth-order valence-electron chi connectivity index (χ4n) is 1.91. The maximum atomic E-state index is 5.88. The average Bonchev–Trinajstić information content (AvgIpc) is 2.03.